The van der Waals surface area contributed by atoms with E-state index in [4.69, 9.17) is 4.74 Å². The van der Waals surface area contributed by atoms with Gasteiger partial charge in [0, 0.05) is 31.9 Å². The molecule has 0 N–H and O–H groups in total. The first-order chi connectivity index (χ1) is 11.9. The van der Waals surface area contributed by atoms with Gasteiger partial charge in [-0.25, -0.2) is 8.42 Å². The van der Waals surface area contributed by atoms with Gasteiger partial charge in [0.2, 0.25) is 10.0 Å². The molecule has 25 heavy (non-hydrogen) atoms. The van der Waals surface area contributed by atoms with Crippen molar-refractivity contribution in [1.29, 1.82) is 0 Å². The van der Waals surface area contributed by atoms with E-state index in [0.717, 1.165) is 22.6 Å². The van der Waals surface area contributed by atoms with Crippen molar-refractivity contribution in [3.05, 3.63) is 53.6 Å². The predicted molar refractivity (Wildman–Crippen MR) is 99.9 cm³/mol. The summed E-state index contributed by atoms with van der Waals surface area (Å²) >= 11 is 0. The normalized spacial score (nSPS) is 16.0. The number of hydrogen-bond acceptors (Lipinski definition) is 4. The zero-order valence-corrected chi connectivity index (χ0v) is 15.7. The molecule has 134 valence electrons. The van der Waals surface area contributed by atoms with Crippen molar-refractivity contribution >= 4 is 15.7 Å². The van der Waals surface area contributed by atoms with Crippen LogP contribution in [0.5, 0.6) is 5.75 Å². The number of piperazine rings is 1. The molecule has 3 rings (SSSR count). The van der Waals surface area contributed by atoms with Crippen LogP contribution in [0.3, 0.4) is 0 Å². The van der Waals surface area contributed by atoms with Crippen LogP contribution in [0.15, 0.2) is 47.4 Å². The summed E-state index contributed by atoms with van der Waals surface area (Å²) < 4.78 is 32.7. The summed E-state index contributed by atoms with van der Waals surface area (Å²) in [5.41, 5.74) is 2.84. The molecule has 2 aromatic rings. The molecule has 1 heterocycles. The Hall–Kier alpha value is -2.05. The van der Waals surface area contributed by atoms with Crippen molar-refractivity contribution < 1.29 is 13.2 Å². The van der Waals surface area contributed by atoms with Crippen LogP contribution in [0, 0.1) is 13.8 Å². The summed E-state index contributed by atoms with van der Waals surface area (Å²) in [5.74, 6) is 0.819. The van der Waals surface area contributed by atoms with E-state index in [1.165, 1.54) is 0 Å². The Bertz CT molecular complexity index is 839. The van der Waals surface area contributed by atoms with Crippen LogP contribution in [-0.2, 0) is 10.0 Å². The number of anilines is 1. The average Bonchev–Trinajstić information content (AvgIpc) is 2.64. The van der Waals surface area contributed by atoms with Crippen LogP contribution < -0.4 is 9.64 Å². The van der Waals surface area contributed by atoms with Gasteiger partial charge >= 0.3 is 0 Å². The minimum atomic E-state index is -3.44. The Morgan fingerprint density at radius 3 is 2.16 bits per heavy atom. The summed E-state index contributed by atoms with van der Waals surface area (Å²) in [6, 6.07) is 13.4. The van der Waals surface area contributed by atoms with Crippen molar-refractivity contribution in [3.8, 4) is 5.75 Å². The van der Waals surface area contributed by atoms with Gasteiger partial charge in [-0.05, 0) is 55.3 Å². The highest BCUT2D eigenvalue weighted by atomic mass is 32.2. The molecule has 0 spiro atoms. The second-order valence-corrected chi connectivity index (χ2v) is 8.26. The highest BCUT2D eigenvalue weighted by Gasteiger charge is 2.29. The maximum Gasteiger partial charge on any atom is 0.243 e. The van der Waals surface area contributed by atoms with Gasteiger partial charge in [-0.1, -0.05) is 12.1 Å². The minimum Gasteiger partial charge on any atom is -0.497 e. The molecule has 0 aromatic heterocycles. The minimum absolute atomic E-state index is 0.422. The van der Waals surface area contributed by atoms with E-state index in [9.17, 15) is 8.42 Å². The number of sulfonamides is 1. The van der Waals surface area contributed by atoms with E-state index in [1.54, 1.807) is 17.5 Å². The summed E-state index contributed by atoms with van der Waals surface area (Å²) in [6.07, 6.45) is 0. The van der Waals surface area contributed by atoms with Crippen LogP contribution in [0.1, 0.15) is 11.1 Å². The third-order valence-corrected chi connectivity index (χ3v) is 6.68. The number of aryl methyl sites for hydroxylation is 2. The summed E-state index contributed by atoms with van der Waals surface area (Å²) in [4.78, 5) is 2.62. The molecule has 1 fully saturated rings. The monoisotopic (exact) mass is 360 g/mol. The average molecular weight is 360 g/mol. The molecule has 0 saturated carbocycles. The van der Waals surface area contributed by atoms with Gasteiger partial charge in [0.25, 0.3) is 0 Å². The SMILES string of the molecule is COc1ccc(N2CCN(S(=O)(=O)c3cc(C)ccc3C)CC2)cc1. The van der Waals surface area contributed by atoms with Crippen molar-refractivity contribution in [2.75, 3.05) is 38.2 Å². The Morgan fingerprint density at radius 1 is 0.920 bits per heavy atom. The van der Waals surface area contributed by atoms with Gasteiger partial charge in [-0.2, -0.15) is 4.31 Å². The molecule has 0 radical (unpaired) electrons. The number of benzene rings is 2. The quantitative estimate of drug-likeness (QED) is 0.841. The molecule has 2 aromatic carbocycles. The third-order valence-electron chi connectivity index (χ3n) is 4.64. The molecule has 0 unspecified atom stereocenters. The van der Waals surface area contributed by atoms with Gasteiger partial charge in [0.1, 0.15) is 5.75 Å². The topological polar surface area (TPSA) is 49.9 Å². The van der Waals surface area contributed by atoms with Gasteiger partial charge in [0.05, 0.1) is 12.0 Å². The lowest BCUT2D eigenvalue weighted by Gasteiger charge is -2.35. The van der Waals surface area contributed by atoms with E-state index >= 15 is 0 Å². The summed E-state index contributed by atoms with van der Waals surface area (Å²) in [6.45, 7) is 6.09. The predicted octanol–water partition coefficient (Wildman–Crippen LogP) is 2.82. The molecule has 1 saturated heterocycles. The lowest BCUT2D eigenvalue weighted by molar-refractivity contribution is 0.384. The first kappa shape index (κ1) is 17.8. The Kier molecular flexibility index (Phi) is 5.01. The maximum absolute atomic E-state index is 13.0. The molecular weight excluding hydrogens is 336 g/mol. The van der Waals surface area contributed by atoms with E-state index in [-0.39, 0.29) is 0 Å². The van der Waals surface area contributed by atoms with Crippen LogP contribution in [0.4, 0.5) is 5.69 Å². The zero-order chi connectivity index (χ0) is 18.0. The van der Waals surface area contributed by atoms with Crippen LogP contribution in [0.25, 0.3) is 0 Å². The molecule has 0 atom stereocenters. The Morgan fingerprint density at radius 2 is 1.56 bits per heavy atom. The molecular formula is C19H24N2O3S. The molecule has 1 aliphatic rings. The molecule has 0 amide bonds. The highest BCUT2D eigenvalue weighted by molar-refractivity contribution is 7.89. The third kappa shape index (κ3) is 3.65. The van der Waals surface area contributed by atoms with Crippen molar-refractivity contribution in [3.63, 3.8) is 0 Å². The Labute approximate surface area is 149 Å². The molecule has 0 bridgehead atoms. The fourth-order valence-corrected chi connectivity index (χ4v) is 4.84. The second kappa shape index (κ2) is 7.06. The van der Waals surface area contributed by atoms with E-state index in [2.05, 4.69) is 4.90 Å². The number of hydrogen-bond donors (Lipinski definition) is 0. The summed E-state index contributed by atoms with van der Waals surface area (Å²) in [7, 11) is -1.80. The number of nitrogens with zero attached hydrogens (tertiary/aromatic N) is 2. The smallest absolute Gasteiger partial charge is 0.243 e. The van der Waals surface area contributed by atoms with Gasteiger partial charge in [0.15, 0.2) is 0 Å². The van der Waals surface area contributed by atoms with E-state index < -0.39 is 10.0 Å². The van der Waals surface area contributed by atoms with Gasteiger partial charge < -0.3 is 9.64 Å². The highest BCUT2D eigenvalue weighted by Crippen LogP contribution is 2.25. The number of methoxy groups -OCH3 is 1. The lowest BCUT2D eigenvalue weighted by atomic mass is 10.2. The fourth-order valence-electron chi connectivity index (χ4n) is 3.10. The molecule has 1 aliphatic heterocycles. The number of ether oxygens (including phenoxy) is 1. The summed E-state index contributed by atoms with van der Waals surface area (Å²) in [5, 5.41) is 0. The van der Waals surface area contributed by atoms with Crippen molar-refractivity contribution in [2.24, 2.45) is 0 Å². The maximum atomic E-state index is 13.0. The fraction of sp³-hybridized carbons (Fsp3) is 0.368. The first-order valence-electron chi connectivity index (χ1n) is 8.38. The Balaban J connectivity index is 1.73. The van der Waals surface area contributed by atoms with E-state index in [1.807, 2.05) is 50.2 Å². The molecule has 6 heteroatoms. The van der Waals surface area contributed by atoms with Crippen molar-refractivity contribution in [2.45, 2.75) is 18.7 Å². The molecule has 5 nitrogen and oxygen atoms in total. The van der Waals surface area contributed by atoms with Gasteiger partial charge in [-0.3, -0.25) is 0 Å². The zero-order valence-electron chi connectivity index (χ0n) is 14.9. The van der Waals surface area contributed by atoms with E-state index in [0.29, 0.717) is 31.1 Å². The molecule has 0 aliphatic carbocycles. The standard InChI is InChI=1S/C19H24N2O3S/c1-15-4-5-16(2)19(14-15)25(22,23)21-12-10-20(11-13-21)17-6-8-18(24-3)9-7-17/h4-9,14H,10-13H2,1-3H3. The van der Waals surface area contributed by atoms with Crippen LogP contribution >= 0.6 is 0 Å². The number of rotatable bonds is 4. The first-order valence-corrected chi connectivity index (χ1v) is 9.82. The largest absolute Gasteiger partial charge is 0.497 e. The van der Waals surface area contributed by atoms with Gasteiger partial charge in [-0.15, -0.1) is 0 Å². The van der Waals surface area contributed by atoms with Crippen LogP contribution in [-0.4, -0.2) is 46.0 Å². The second-order valence-electron chi connectivity index (χ2n) is 6.36. The van der Waals surface area contributed by atoms with Crippen LogP contribution in [0.2, 0.25) is 0 Å². The van der Waals surface area contributed by atoms with Crippen molar-refractivity contribution in [1.82, 2.24) is 4.31 Å². The lowest BCUT2D eigenvalue weighted by Crippen LogP contribution is -2.48.